The molecule has 0 spiro atoms. The van der Waals surface area contributed by atoms with E-state index in [0.29, 0.717) is 28.5 Å². The molecule has 0 saturated heterocycles. The molecule has 15 rings (SSSR count). The number of hydrogen-bond acceptors (Lipinski definition) is 6. The van der Waals surface area contributed by atoms with Gasteiger partial charge in [-0.2, -0.15) is 15.8 Å². The van der Waals surface area contributed by atoms with Crippen LogP contribution in [0, 0.1) is 61.7 Å². The lowest BCUT2D eigenvalue weighted by molar-refractivity contribution is -0.660. The summed E-state index contributed by atoms with van der Waals surface area (Å²) in [7, 11) is 6.23. The normalized spacial score (nSPS) is 11.3. The molecule has 9 aromatic carbocycles. The average molecular weight is 1220 g/mol. The lowest BCUT2D eigenvalue weighted by atomic mass is 9.96. The van der Waals surface area contributed by atoms with Crippen molar-refractivity contribution in [3.05, 3.63) is 269 Å². The third kappa shape index (κ3) is 11.4. The van der Waals surface area contributed by atoms with Crippen LogP contribution in [0.2, 0.25) is 0 Å². The first-order valence-corrected chi connectivity index (χ1v) is 31.8. The van der Waals surface area contributed by atoms with E-state index in [4.69, 9.17) is 13.3 Å². The molecule has 6 aromatic heterocycles. The zero-order valence-corrected chi connectivity index (χ0v) is 54.8. The summed E-state index contributed by atoms with van der Waals surface area (Å²) in [4.78, 5) is 0. The Morgan fingerprint density at radius 1 is 0.351 bits per heavy atom. The van der Waals surface area contributed by atoms with Gasteiger partial charge in [0.1, 0.15) is 54.6 Å². The molecule has 0 amide bonds. The van der Waals surface area contributed by atoms with Gasteiger partial charge < -0.3 is 13.3 Å². The molecule has 0 saturated carbocycles. The Hall–Kier alpha value is -11.7. The van der Waals surface area contributed by atoms with E-state index in [1.807, 2.05) is 91.0 Å². The van der Waals surface area contributed by atoms with Crippen molar-refractivity contribution in [3.63, 3.8) is 0 Å². The van der Waals surface area contributed by atoms with E-state index in [-0.39, 0.29) is 0 Å². The van der Waals surface area contributed by atoms with E-state index in [2.05, 4.69) is 236 Å². The van der Waals surface area contributed by atoms with Crippen molar-refractivity contribution in [2.75, 3.05) is 0 Å². The van der Waals surface area contributed by atoms with E-state index in [1.165, 1.54) is 27.8 Å². The first-order valence-electron chi connectivity index (χ1n) is 31.8. The molecule has 0 radical (unpaired) electrons. The number of benzene rings is 9. The van der Waals surface area contributed by atoms with Crippen LogP contribution in [-0.2, 0) is 21.1 Å². The summed E-state index contributed by atoms with van der Waals surface area (Å²) < 4.78 is 25.8. The molecular formula is C85H71N6O3+3. The molecule has 0 atom stereocenters. The summed E-state index contributed by atoms with van der Waals surface area (Å²) in [5.41, 5.74) is 27.1. The average Bonchev–Trinajstić information content (AvgIpc) is 1.60. The highest BCUT2D eigenvalue weighted by Gasteiger charge is 2.25. The zero-order valence-electron chi connectivity index (χ0n) is 54.8. The molecule has 0 fully saturated rings. The number of pyridine rings is 3. The second-order valence-electron chi connectivity index (χ2n) is 25.3. The number of furan rings is 3. The maximum Gasteiger partial charge on any atom is 0.212 e. The molecule has 0 aliphatic heterocycles. The Morgan fingerprint density at radius 3 is 1.28 bits per heavy atom. The Labute approximate surface area is 548 Å². The molecule has 456 valence electrons. The maximum absolute atomic E-state index is 9.75. The number of nitriles is 3. The smallest absolute Gasteiger partial charge is 0.212 e. The maximum atomic E-state index is 9.75. The third-order valence-electron chi connectivity index (χ3n) is 18.2. The van der Waals surface area contributed by atoms with Crippen molar-refractivity contribution in [1.82, 2.24) is 0 Å². The zero-order chi connectivity index (χ0) is 65.6. The van der Waals surface area contributed by atoms with Crippen LogP contribution in [0.1, 0.15) is 89.6 Å². The molecule has 9 nitrogen and oxygen atoms in total. The van der Waals surface area contributed by atoms with Gasteiger partial charge in [-0.1, -0.05) is 119 Å². The number of fused-ring (bicyclic) bond motifs is 9. The van der Waals surface area contributed by atoms with Crippen molar-refractivity contribution in [1.29, 1.82) is 15.8 Å². The number of aromatic nitrogens is 3. The van der Waals surface area contributed by atoms with Gasteiger partial charge in [0.15, 0.2) is 18.6 Å². The van der Waals surface area contributed by atoms with Gasteiger partial charge in [-0.3, -0.25) is 0 Å². The summed E-state index contributed by atoms with van der Waals surface area (Å²) in [6.45, 7) is 17.3. The van der Waals surface area contributed by atoms with Crippen LogP contribution in [0.25, 0.3) is 133 Å². The lowest BCUT2D eigenvalue weighted by Gasteiger charge is -2.09. The van der Waals surface area contributed by atoms with Crippen LogP contribution in [0.3, 0.4) is 0 Å². The largest absolute Gasteiger partial charge is 0.455 e. The van der Waals surface area contributed by atoms with Crippen molar-refractivity contribution in [3.8, 4) is 85.4 Å². The van der Waals surface area contributed by atoms with Crippen molar-refractivity contribution in [2.24, 2.45) is 21.1 Å². The molecule has 0 aliphatic rings. The minimum Gasteiger partial charge on any atom is -0.455 e. The van der Waals surface area contributed by atoms with Gasteiger partial charge in [0.2, 0.25) is 17.1 Å². The highest BCUT2D eigenvalue weighted by atomic mass is 16.3. The summed E-state index contributed by atoms with van der Waals surface area (Å²) in [5, 5.41) is 34.9. The molecule has 0 N–H and O–H groups in total. The quantitative estimate of drug-likeness (QED) is 0.140. The molecule has 94 heavy (non-hydrogen) atoms. The fourth-order valence-electron chi connectivity index (χ4n) is 13.1. The van der Waals surface area contributed by atoms with Crippen LogP contribution in [0.15, 0.2) is 232 Å². The molecule has 0 unspecified atom stereocenters. The Bertz CT molecular complexity index is 5610. The lowest BCUT2D eigenvalue weighted by Crippen LogP contribution is -2.31. The van der Waals surface area contributed by atoms with Crippen LogP contribution in [-0.4, -0.2) is 0 Å². The summed E-state index contributed by atoms with van der Waals surface area (Å²) in [6.07, 6.45) is 6.41. The Kier molecular flexibility index (Phi) is 16.4. The summed E-state index contributed by atoms with van der Waals surface area (Å²) in [6, 6.07) is 75.0. The van der Waals surface area contributed by atoms with E-state index in [9.17, 15) is 15.8 Å². The first-order chi connectivity index (χ1) is 45.5. The van der Waals surface area contributed by atoms with E-state index >= 15 is 0 Å². The second-order valence-corrected chi connectivity index (χ2v) is 25.3. The monoisotopic (exact) mass is 1220 g/mol. The van der Waals surface area contributed by atoms with Gasteiger partial charge in [0, 0.05) is 84.9 Å². The molecule has 15 aromatic rings. The summed E-state index contributed by atoms with van der Waals surface area (Å²) >= 11 is 0. The van der Waals surface area contributed by atoms with Gasteiger partial charge in [-0.05, 0) is 163 Å². The molecule has 6 heterocycles. The van der Waals surface area contributed by atoms with Gasteiger partial charge in [-0.15, -0.1) is 0 Å². The predicted molar refractivity (Wildman–Crippen MR) is 379 cm³/mol. The second kappa shape index (κ2) is 25.2. The number of rotatable bonds is 8. The topological polar surface area (TPSA) is 122 Å². The SMILES string of the molecule is Cc1cc2c(cc1-c1cc(C(C)C)cc[n+]1C)oc1c(-c3ccccc3)cc(C#N)cc12.Cc1cc2c(cc1-c1ccc(C(C)C)c[n+]1C)oc1c(-c3ccccc3)cc(C#N)cc12.Cc1cc[n+](C)c(-c2cc3oc4c(-c5ccccc5)ccc(C#N)c4c3cc2C)c1. The van der Waals surface area contributed by atoms with Gasteiger partial charge in [0.25, 0.3) is 0 Å². The highest BCUT2D eigenvalue weighted by molar-refractivity contribution is 6.14. The van der Waals surface area contributed by atoms with Gasteiger partial charge in [-0.25, -0.2) is 13.7 Å². The number of aryl methyl sites for hydroxylation is 7. The summed E-state index contributed by atoms with van der Waals surface area (Å²) in [5.74, 6) is 0.947. The Morgan fingerprint density at radius 2 is 0.798 bits per heavy atom. The number of hydrogen-bond donors (Lipinski definition) is 0. The molecule has 0 bridgehead atoms. The Balaban J connectivity index is 0.000000128. The number of nitrogens with zero attached hydrogens (tertiary/aromatic N) is 6. The predicted octanol–water partition coefficient (Wildman–Crippen LogP) is 20.3. The van der Waals surface area contributed by atoms with Crippen molar-refractivity contribution >= 4 is 65.8 Å². The van der Waals surface area contributed by atoms with Crippen LogP contribution in [0.4, 0.5) is 0 Å². The van der Waals surface area contributed by atoms with Crippen LogP contribution >= 0.6 is 0 Å². The van der Waals surface area contributed by atoms with Gasteiger partial charge in [0.05, 0.1) is 51.6 Å². The van der Waals surface area contributed by atoms with E-state index in [1.54, 1.807) is 0 Å². The van der Waals surface area contributed by atoms with Crippen LogP contribution in [0.5, 0.6) is 0 Å². The molecule has 0 aliphatic carbocycles. The van der Waals surface area contributed by atoms with Gasteiger partial charge >= 0.3 is 0 Å². The molecular weight excluding hydrogens is 1150 g/mol. The standard InChI is InChI=1S/2C29H25N2O.C27H21N2O/c1-18(2)22-10-11-31(4)27(15-22)23-16-28-25(12-19(23)3)26-14-20(17-30)13-24(29(26)32-28)21-8-6-5-7-9-21;1-18(2)22-10-11-27(31(4)17-22)23-15-28-25(12-19(23)3)26-14-20(16-30)13-24(29(26)32-28)21-8-6-5-7-9-21;1-17-11-12-29(3)24(13-17)22-15-25-23(14-18(22)2)26-20(16-28)9-10-21(27(26)30-25)19-7-5-4-6-8-19/h5-16,18H,1-4H3;5-15,17-18H,1-4H3;4-15H,1-3H3/q3*+1. The highest BCUT2D eigenvalue weighted by Crippen LogP contribution is 2.43. The molecule has 9 heteroatoms. The van der Waals surface area contributed by atoms with Crippen LogP contribution < -0.4 is 13.7 Å². The van der Waals surface area contributed by atoms with E-state index < -0.39 is 0 Å². The minimum absolute atomic E-state index is 0.461. The fraction of sp³-hybridized carbons (Fsp3) is 0.153. The third-order valence-corrected chi connectivity index (χ3v) is 18.2. The van der Waals surface area contributed by atoms with Crippen molar-refractivity contribution < 1.29 is 27.0 Å². The first kappa shape index (κ1) is 61.2. The van der Waals surface area contributed by atoms with Crippen molar-refractivity contribution in [2.45, 2.75) is 67.2 Å². The minimum atomic E-state index is 0.461. The fourth-order valence-corrected chi connectivity index (χ4v) is 13.1. The van der Waals surface area contributed by atoms with E-state index in [0.717, 1.165) is 139 Å².